The van der Waals surface area contributed by atoms with Gasteiger partial charge in [-0.1, -0.05) is 0 Å². The van der Waals surface area contributed by atoms with Crippen LogP contribution in [-0.2, 0) is 4.74 Å². The summed E-state index contributed by atoms with van der Waals surface area (Å²) in [5.74, 6) is 0. The highest BCUT2D eigenvalue weighted by molar-refractivity contribution is 4.80. The largest absolute Gasteiger partial charge is 0.372 e. The third kappa shape index (κ3) is 6.64. The van der Waals surface area contributed by atoms with Crippen molar-refractivity contribution in [2.75, 3.05) is 46.3 Å². The Morgan fingerprint density at radius 2 is 1.81 bits per heavy atom. The molecule has 2 saturated heterocycles. The van der Waals surface area contributed by atoms with Gasteiger partial charge < -0.3 is 19.9 Å². The Kier molecular flexibility index (Phi) is 6.48. The fraction of sp³-hybridized carbons (Fsp3) is 1.00. The summed E-state index contributed by atoms with van der Waals surface area (Å²) in [5.41, 5.74) is 0.188. The van der Waals surface area contributed by atoms with Crippen molar-refractivity contribution in [1.82, 2.24) is 15.1 Å². The molecule has 2 unspecified atom stereocenters. The quantitative estimate of drug-likeness (QED) is 0.777. The van der Waals surface area contributed by atoms with E-state index in [0.29, 0.717) is 12.2 Å². The Morgan fingerprint density at radius 3 is 2.48 bits per heavy atom. The lowest BCUT2D eigenvalue weighted by atomic mass is 10.1. The lowest BCUT2D eigenvalue weighted by Gasteiger charge is -2.25. The average Bonchev–Trinajstić information content (AvgIpc) is 3.04. The molecule has 1 N–H and O–H groups in total. The van der Waals surface area contributed by atoms with E-state index < -0.39 is 0 Å². The molecular formula is C17H35N3O. The summed E-state index contributed by atoms with van der Waals surface area (Å²) in [7, 11) is 2.24. The summed E-state index contributed by atoms with van der Waals surface area (Å²) in [6.45, 7) is 13.7. The summed E-state index contributed by atoms with van der Waals surface area (Å²) in [6.07, 6.45) is 6.02. The third-order valence-electron chi connectivity index (χ3n) is 4.57. The number of hydrogen-bond acceptors (Lipinski definition) is 4. The molecule has 2 aliphatic rings. The zero-order valence-electron chi connectivity index (χ0n) is 14.5. The summed E-state index contributed by atoms with van der Waals surface area (Å²) in [5, 5.41) is 3.55. The summed E-state index contributed by atoms with van der Waals surface area (Å²) in [6, 6.07) is 0. The van der Waals surface area contributed by atoms with Gasteiger partial charge in [0, 0.05) is 31.7 Å². The van der Waals surface area contributed by atoms with E-state index in [0.717, 1.165) is 13.1 Å². The maximum Gasteiger partial charge on any atom is 0.0707 e. The SMILES string of the molecule is CN(CCN1CCCC1)CC1CCC(CNC(C)(C)C)O1. The highest BCUT2D eigenvalue weighted by atomic mass is 16.5. The maximum absolute atomic E-state index is 6.18. The summed E-state index contributed by atoms with van der Waals surface area (Å²) >= 11 is 0. The molecular weight excluding hydrogens is 262 g/mol. The molecule has 4 nitrogen and oxygen atoms in total. The van der Waals surface area contributed by atoms with Crippen LogP contribution in [0.3, 0.4) is 0 Å². The van der Waals surface area contributed by atoms with E-state index in [1.807, 2.05) is 0 Å². The minimum atomic E-state index is 0.188. The number of hydrogen-bond donors (Lipinski definition) is 1. The van der Waals surface area contributed by atoms with Gasteiger partial charge in [-0.25, -0.2) is 0 Å². The first-order valence-corrected chi connectivity index (χ1v) is 8.74. The Morgan fingerprint density at radius 1 is 1.14 bits per heavy atom. The first-order valence-electron chi connectivity index (χ1n) is 8.74. The molecule has 0 aromatic carbocycles. The highest BCUT2D eigenvalue weighted by Gasteiger charge is 2.27. The molecule has 0 amide bonds. The smallest absolute Gasteiger partial charge is 0.0707 e. The van der Waals surface area contributed by atoms with Crippen LogP contribution in [-0.4, -0.2) is 73.9 Å². The monoisotopic (exact) mass is 297 g/mol. The molecule has 124 valence electrons. The van der Waals surface area contributed by atoms with E-state index in [1.165, 1.54) is 51.9 Å². The highest BCUT2D eigenvalue weighted by Crippen LogP contribution is 2.20. The van der Waals surface area contributed by atoms with Crippen LogP contribution >= 0.6 is 0 Å². The lowest BCUT2D eigenvalue weighted by molar-refractivity contribution is 0.0242. The van der Waals surface area contributed by atoms with Crippen LogP contribution in [0.5, 0.6) is 0 Å². The number of ether oxygens (including phenoxy) is 1. The molecule has 0 radical (unpaired) electrons. The van der Waals surface area contributed by atoms with E-state index in [2.05, 4.69) is 42.9 Å². The van der Waals surface area contributed by atoms with Gasteiger partial charge in [-0.15, -0.1) is 0 Å². The van der Waals surface area contributed by atoms with Crippen LogP contribution in [0, 0.1) is 0 Å². The molecule has 0 aromatic heterocycles. The molecule has 0 spiro atoms. The number of nitrogens with one attached hydrogen (secondary N) is 1. The predicted molar refractivity (Wildman–Crippen MR) is 88.8 cm³/mol. The van der Waals surface area contributed by atoms with Gasteiger partial charge in [0.1, 0.15) is 0 Å². The molecule has 2 aliphatic heterocycles. The maximum atomic E-state index is 6.18. The van der Waals surface area contributed by atoms with E-state index in [4.69, 9.17) is 4.74 Å². The number of rotatable bonds is 7. The molecule has 2 heterocycles. The Balaban J connectivity index is 1.58. The first kappa shape index (κ1) is 17.2. The Labute approximate surface area is 131 Å². The molecule has 0 aromatic rings. The minimum absolute atomic E-state index is 0.188. The van der Waals surface area contributed by atoms with Crippen LogP contribution in [0.1, 0.15) is 46.5 Å². The van der Waals surface area contributed by atoms with Gasteiger partial charge in [0.25, 0.3) is 0 Å². The molecule has 0 saturated carbocycles. The van der Waals surface area contributed by atoms with Gasteiger partial charge in [-0.2, -0.15) is 0 Å². The van der Waals surface area contributed by atoms with E-state index in [9.17, 15) is 0 Å². The second kappa shape index (κ2) is 7.91. The van der Waals surface area contributed by atoms with E-state index >= 15 is 0 Å². The van der Waals surface area contributed by atoms with E-state index in [-0.39, 0.29) is 5.54 Å². The van der Waals surface area contributed by atoms with Gasteiger partial charge in [-0.05, 0) is 66.6 Å². The topological polar surface area (TPSA) is 27.7 Å². The third-order valence-corrected chi connectivity index (χ3v) is 4.57. The van der Waals surface area contributed by atoms with Crippen molar-refractivity contribution in [3.63, 3.8) is 0 Å². The van der Waals surface area contributed by atoms with Crippen LogP contribution in [0.25, 0.3) is 0 Å². The molecule has 2 rings (SSSR count). The molecule has 21 heavy (non-hydrogen) atoms. The zero-order chi connectivity index (χ0) is 15.3. The van der Waals surface area contributed by atoms with Crippen molar-refractivity contribution in [2.45, 2.75) is 64.2 Å². The van der Waals surface area contributed by atoms with E-state index in [1.54, 1.807) is 0 Å². The summed E-state index contributed by atoms with van der Waals surface area (Å²) in [4.78, 5) is 5.03. The number of likely N-dealkylation sites (tertiary alicyclic amines) is 1. The first-order chi connectivity index (χ1) is 9.92. The molecule has 0 aliphatic carbocycles. The van der Waals surface area contributed by atoms with Crippen molar-refractivity contribution in [3.05, 3.63) is 0 Å². The fourth-order valence-corrected chi connectivity index (χ4v) is 3.24. The standard InChI is InChI=1S/C17H35N3O/c1-17(2,3)18-13-15-7-8-16(21-15)14-19(4)11-12-20-9-5-6-10-20/h15-16,18H,5-14H2,1-4H3. The van der Waals surface area contributed by atoms with Gasteiger partial charge in [0.15, 0.2) is 0 Å². The normalized spacial score (nSPS) is 27.9. The zero-order valence-corrected chi connectivity index (χ0v) is 14.5. The van der Waals surface area contributed by atoms with Crippen LogP contribution < -0.4 is 5.32 Å². The molecule has 2 fully saturated rings. The Hall–Kier alpha value is -0.160. The molecule has 0 bridgehead atoms. The van der Waals surface area contributed by atoms with Crippen LogP contribution in [0.15, 0.2) is 0 Å². The lowest BCUT2D eigenvalue weighted by Crippen LogP contribution is -2.41. The number of likely N-dealkylation sites (N-methyl/N-ethyl adjacent to an activating group) is 1. The van der Waals surface area contributed by atoms with Crippen molar-refractivity contribution in [3.8, 4) is 0 Å². The van der Waals surface area contributed by atoms with Crippen LogP contribution in [0.4, 0.5) is 0 Å². The second-order valence-electron chi connectivity index (χ2n) is 7.90. The molecule has 2 atom stereocenters. The number of nitrogens with zero attached hydrogens (tertiary/aromatic N) is 2. The van der Waals surface area contributed by atoms with Crippen molar-refractivity contribution >= 4 is 0 Å². The predicted octanol–water partition coefficient (Wildman–Crippen LogP) is 1.95. The minimum Gasteiger partial charge on any atom is -0.372 e. The fourth-order valence-electron chi connectivity index (χ4n) is 3.24. The second-order valence-corrected chi connectivity index (χ2v) is 7.90. The van der Waals surface area contributed by atoms with Gasteiger partial charge >= 0.3 is 0 Å². The van der Waals surface area contributed by atoms with Crippen molar-refractivity contribution in [2.24, 2.45) is 0 Å². The van der Waals surface area contributed by atoms with Gasteiger partial charge in [0.2, 0.25) is 0 Å². The molecule has 4 heteroatoms. The Bertz CT molecular complexity index is 297. The average molecular weight is 297 g/mol. The summed E-state index contributed by atoms with van der Waals surface area (Å²) < 4.78 is 6.18. The van der Waals surface area contributed by atoms with Crippen molar-refractivity contribution < 1.29 is 4.74 Å². The van der Waals surface area contributed by atoms with Crippen LogP contribution in [0.2, 0.25) is 0 Å². The van der Waals surface area contributed by atoms with Gasteiger partial charge in [-0.3, -0.25) is 0 Å². The van der Waals surface area contributed by atoms with Crippen molar-refractivity contribution in [1.29, 1.82) is 0 Å². The van der Waals surface area contributed by atoms with Gasteiger partial charge in [0.05, 0.1) is 12.2 Å².